The van der Waals surface area contributed by atoms with Crippen molar-refractivity contribution in [3.05, 3.63) is 29.3 Å². The number of thioether (sulfide) groups is 1. The van der Waals surface area contributed by atoms with Crippen LogP contribution < -0.4 is 0 Å². The molecule has 19 heavy (non-hydrogen) atoms. The molecule has 0 amide bonds. The van der Waals surface area contributed by atoms with Crippen molar-refractivity contribution < 1.29 is 9.90 Å². The molecule has 0 aliphatic carbocycles. The average Bonchev–Trinajstić information content (AvgIpc) is 2.84. The number of nitrogens with one attached hydrogen (secondary N) is 1. The molecule has 0 unspecified atom stereocenters. The average molecular weight is 298 g/mol. The first-order valence-electron chi connectivity index (χ1n) is 5.68. The lowest BCUT2D eigenvalue weighted by atomic mass is 10.2. The van der Waals surface area contributed by atoms with E-state index in [0.29, 0.717) is 22.4 Å². The molecule has 100 valence electrons. The van der Waals surface area contributed by atoms with Gasteiger partial charge in [-0.25, -0.2) is 4.98 Å². The Morgan fingerprint density at radius 1 is 1.58 bits per heavy atom. The number of aromatic amines is 1. The molecule has 0 aliphatic heterocycles. The van der Waals surface area contributed by atoms with Crippen molar-refractivity contribution in [1.29, 1.82) is 0 Å². The first-order chi connectivity index (χ1) is 9.10. The van der Waals surface area contributed by atoms with Crippen LogP contribution in [0.1, 0.15) is 13.3 Å². The van der Waals surface area contributed by atoms with Crippen molar-refractivity contribution in [2.24, 2.45) is 0 Å². The molecular formula is C12H12ClN3O2S. The Kier molecular flexibility index (Phi) is 4.44. The van der Waals surface area contributed by atoms with E-state index in [0.717, 1.165) is 17.3 Å². The molecule has 1 heterocycles. The van der Waals surface area contributed by atoms with Gasteiger partial charge < -0.3 is 5.11 Å². The largest absolute Gasteiger partial charge is 0.480 e. The molecule has 1 aromatic carbocycles. The van der Waals surface area contributed by atoms with Gasteiger partial charge in [0.15, 0.2) is 5.82 Å². The second-order valence-corrected chi connectivity index (χ2v) is 5.44. The van der Waals surface area contributed by atoms with Gasteiger partial charge in [-0.1, -0.05) is 42.4 Å². The van der Waals surface area contributed by atoms with Gasteiger partial charge in [0.2, 0.25) is 5.16 Å². The fourth-order valence-electron chi connectivity index (χ4n) is 1.50. The molecule has 0 radical (unpaired) electrons. The molecule has 7 heteroatoms. The number of rotatable bonds is 5. The fourth-order valence-corrected chi connectivity index (χ4v) is 2.45. The van der Waals surface area contributed by atoms with Gasteiger partial charge >= 0.3 is 5.97 Å². The summed E-state index contributed by atoms with van der Waals surface area (Å²) in [6, 6.07) is 7.22. The maximum Gasteiger partial charge on any atom is 0.317 e. The normalized spacial score (nSPS) is 12.3. The molecule has 0 aliphatic rings. The predicted molar refractivity (Wildman–Crippen MR) is 74.4 cm³/mol. The van der Waals surface area contributed by atoms with Crippen molar-refractivity contribution in [3.8, 4) is 11.4 Å². The lowest BCUT2D eigenvalue weighted by Crippen LogP contribution is -2.14. The first-order valence-corrected chi connectivity index (χ1v) is 6.93. The highest BCUT2D eigenvalue weighted by molar-refractivity contribution is 8.00. The van der Waals surface area contributed by atoms with Crippen molar-refractivity contribution in [1.82, 2.24) is 15.2 Å². The number of carboxylic acids is 1. The summed E-state index contributed by atoms with van der Waals surface area (Å²) in [4.78, 5) is 15.2. The Morgan fingerprint density at radius 2 is 2.37 bits per heavy atom. The van der Waals surface area contributed by atoms with Gasteiger partial charge in [-0.05, 0) is 18.6 Å². The Bertz CT molecular complexity index is 588. The van der Waals surface area contributed by atoms with Crippen LogP contribution >= 0.6 is 23.4 Å². The Balaban J connectivity index is 2.17. The SMILES string of the molecule is CC[C@@H](Sc1n[nH]c(-c2cccc(Cl)c2)n1)C(=O)O. The highest BCUT2D eigenvalue weighted by atomic mass is 35.5. The van der Waals surface area contributed by atoms with E-state index in [1.165, 1.54) is 0 Å². The molecule has 1 atom stereocenters. The number of hydrogen-bond donors (Lipinski definition) is 2. The van der Waals surface area contributed by atoms with Crippen molar-refractivity contribution >= 4 is 29.3 Å². The highest BCUT2D eigenvalue weighted by Crippen LogP contribution is 2.25. The Morgan fingerprint density at radius 3 is 3.00 bits per heavy atom. The van der Waals surface area contributed by atoms with E-state index >= 15 is 0 Å². The molecule has 0 saturated carbocycles. The van der Waals surface area contributed by atoms with Crippen LogP contribution in [-0.2, 0) is 4.79 Å². The fraction of sp³-hybridized carbons (Fsp3) is 0.250. The standard InChI is InChI=1S/C12H12ClN3O2S/c1-2-9(11(17)18)19-12-14-10(15-16-12)7-4-3-5-8(13)6-7/h3-6,9H,2H2,1H3,(H,17,18)(H,14,15,16)/t9-/m1/s1. The van der Waals surface area contributed by atoms with E-state index in [9.17, 15) is 4.79 Å². The second-order valence-electron chi connectivity index (χ2n) is 3.83. The van der Waals surface area contributed by atoms with E-state index in [1.54, 1.807) is 12.1 Å². The molecule has 2 N–H and O–H groups in total. The highest BCUT2D eigenvalue weighted by Gasteiger charge is 2.19. The molecule has 1 aromatic heterocycles. The number of carboxylic acid groups (broad SMARTS) is 1. The van der Waals surface area contributed by atoms with Crippen LogP contribution in [0.4, 0.5) is 0 Å². The minimum absolute atomic E-state index is 0.421. The van der Waals surface area contributed by atoms with Gasteiger partial charge in [-0.15, -0.1) is 5.10 Å². The third-order valence-corrected chi connectivity index (χ3v) is 3.90. The number of carbonyl (C=O) groups is 1. The van der Waals surface area contributed by atoms with E-state index in [2.05, 4.69) is 15.2 Å². The van der Waals surface area contributed by atoms with Crippen LogP contribution in [0.25, 0.3) is 11.4 Å². The number of nitrogens with zero attached hydrogens (tertiary/aromatic N) is 2. The zero-order valence-corrected chi connectivity index (χ0v) is 11.7. The monoisotopic (exact) mass is 297 g/mol. The maximum atomic E-state index is 11.0. The zero-order valence-electron chi connectivity index (χ0n) is 10.1. The molecule has 0 bridgehead atoms. The summed E-state index contributed by atoms with van der Waals surface area (Å²) >= 11 is 7.04. The first kappa shape index (κ1) is 13.9. The van der Waals surface area contributed by atoms with Crippen LogP contribution in [0, 0.1) is 0 Å². The minimum atomic E-state index is -0.860. The summed E-state index contributed by atoms with van der Waals surface area (Å²) in [7, 11) is 0. The van der Waals surface area contributed by atoms with Gasteiger partial charge in [0, 0.05) is 10.6 Å². The molecule has 5 nitrogen and oxygen atoms in total. The number of aromatic nitrogens is 3. The third-order valence-electron chi connectivity index (χ3n) is 2.46. The van der Waals surface area contributed by atoms with Crippen molar-refractivity contribution in [2.45, 2.75) is 23.8 Å². The van der Waals surface area contributed by atoms with Crippen LogP contribution in [0.3, 0.4) is 0 Å². The summed E-state index contributed by atoms with van der Waals surface area (Å²) in [6.45, 7) is 1.82. The van der Waals surface area contributed by atoms with Gasteiger partial charge in [-0.3, -0.25) is 9.89 Å². The van der Waals surface area contributed by atoms with E-state index in [1.807, 2.05) is 19.1 Å². The van der Waals surface area contributed by atoms with Gasteiger partial charge in [0.25, 0.3) is 0 Å². The smallest absolute Gasteiger partial charge is 0.317 e. The molecule has 0 fully saturated rings. The Hall–Kier alpha value is -1.53. The van der Waals surface area contributed by atoms with Crippen molar-refractivity contribution in [3.63, 3.8) is 0 Å². The topological polar surface area (TPSA) is 78.9 Å². The number of H-pyrrole nitrogens is 1. The molecule has 0 spiro atoms. The Labute approximate surface area is 119 Å². The number of benzene rings is 1. The third kappa shape index (κ3) is 3.48. The van der Waals surface area contributed by atoms with Crippen molar-refractivity contribution in [2.75, 3.05) is 0 Å². The van der Waals surface area contributed by atoms with E-state index in [-0.39, 0.29) is 0 Å². The van der Waals surface area contributed by atoms with E-state index < -0.39 is 11.2 Å². The second kappa shape index (κ2) is 6.08. The zero-order chi connectivity index (χ0) is 13.8. The van der Waals surface area contributed by atoms with Crippen LogP contribution in [0.2, 0.25) is 5.02 Å². The predicted octanol–water partition coefficient (Wildman–Crippen LogP) is 3.08. The summed E-state index contributed by atoms with van der Waals surface area (Å²) in [5.41, 5.74) is 0.815. The molecule has 2 aromatic rings. The summed E-state index contributed by atoms with van der Waals surface area (Å²) in [5.74, 6) is -0.285. The van der Waals surface area contributed by atoms with Gasteiger partial charge in [0.1, 0.15) is 5.25 Å². The van der Waals surface area contributed by atoms with Gasteiger partial charge in [0.05, 0.1) is 0 Å². The van der Waals surface area contributed by atoms with E-state index in [4.69, 9.17) is 16.7 Å². The summed E-state index contributed by atoms with van der Waals surface area (Å²) in [5, 5.41) is 16.3. The van der Waals surface area contributed by atoms with Gasteiger partial charge in [-0.2, -0.15) is 0 Å². The lowest BCUT2D eigenvalue weighted by molar-refractivity contribution is -0.136. The summed E-state index contributed by atoms with van der Waals surface area (Å²) in [6.07, 6.45) is 0.515. The lowest BCUT2D eigenvalue weighted by Gasteiger charge is -2.04. The number of aliphatic carboxylic acids is 1. The molecule has 2 rings (SSSR count). The van der Waals surface area contributed by atoms with Crippen LogP contribution in [0.5, 0.6) is 0 Å². The number of hydrogen-bond acceptors (Lipinski definition) is 4. The summed E-state index contributed by atoms with van der Waals surface area (Å²) < 4.78 is 0. The number of halogens is 1. The van der Waals surface area contributed by atoms with Crippen LogP contribution in [-0.4, -0.2) is 31.5 Å². The quantitative estimate of drug-likeness (QED) is 0.829. The molecular weight excluding hydrogens is 286 g/mol. The maximum absolute atomic E-state index is 11.0. The van der Waals surface area contributed by atoms with Crippen LogP contribution in [0.15, 0.2) is 29.4 Å². The molecule has 0 saturated heterocycles. The minimum Gasteiger partial charge on any atom is -0.480 e.